The van der Waals surface area contributed by atoms with Crippen LogP contribution in [0.3, 0.4) is 0 Å². The molecule has 1 aromatic carbocycles. The van der Waals surface area contributed by atoms with Gasteiger partial charge in [0, 0.05) is 6.04 Å². The van der Waals surface area contributed by atoms with E-state index in [1.807, 2.05) is 0 Å². The van der Waals surface area contributed by atoms with Crippen LogP contribution >= 0.6 is 0 Å². The van der Waals surface area contributed by atoms with Crippen LogP contribution in [-0.4, -0.2) is 24.8 Å². The first-order valence-corrected chi connectivity index (χ1v) is 8.74. The third-order valence-electron chi connectivity index (χ3n) is 5.21. The number of benzene rings is 1. The Hall–Kier alpha value is -0.860. The molecule has 2 aliphatic rings. The Morgan fingerprint density at radius 2 is 2.10 bits per heavy atom. The number of nitrogens with one attached hydrogen (secondary N) is 1. The zero-order valence-electron chi connectivity index (χ0n) is 13.5. The van der Waals surface area contributed by atoms with Crippen LogP contribution in [0, 0.1) is 0 Å². The van der Waals surface area contributed by atoms with Gasteiger partial charge in [0.2, 0.25) is 0 Å². The minimum atomic E-state index is 0.411. The lowest BCUT2D eigenvalue weighted by Gasteiger charge is -2.32. The molecule has 0 amide bonds. The van der Waals surface area contributed by atoms with Crippen molar-refractivity contribution in [1.82, 2.24) is 5.32 Å². The van der Waals surface area contributed by atoms with Crippen LogP contribution in [0.15, 0.2) is 24.3 Å². The summed E-state index contributed by atoms with van der Waals surface area (Å²) in [6.07, 6.45) is 8.44. The molecule has 1 aromatic rings. The monoisotopic (exact) mass is 287 g/mol. The second-order valence-electron chi connectivity index (χ2n) is 6.75. The highest BCUT2D eigenvalue weighted by molar-refractivity contribution is 5.32. The zero-order chi connectivity index (χ0) is 14.7. The summed E-state index contributed by atoms with van der Waals surface area (Å²) in [5, 5.41) is 3.70. The summed E-state index contributed by atoms with van der Waals surface area (Å²) < 4.78 is 6.14. The Bertz CT molecular complexity index is 459. The van der Waals surface area contributed by atoms with Gasteiger partial charge in [-0.2, -0.15) is 0 Å². The van der Waals surface area contributed by atoms with E-state index in [-0.39, 0.29) is 0 Å². The first-order chi connectivity index (χ1) is 10.3. The number of hydrogen-bond donors (Lipinski definition) is 1. The molecule has 0 radical (unpaired) electrons. The minimum Gasteiger partial charge on any atom is -0.374 e. The van der Waals surface area contributed by atoms with E-state index >= 15 is 0 Å². The van der Waals surface area contributed by atoms with Crippen LogP contribution < -0.4 is 5.32 Å². The number of fused-ring (bicyclic) bond motifs is 1. The predicted octanol–water partition coefficient (Wildman–Crippen LogP) is 4.04. The highest BCUT2D eigenvalue weighted by atomic mass is 16.5. The van der Waals surface area contributed by atoms with Gasteiger partial charge in [-0.1, -0.05) is 31.2 Å². The quantitative estimate of drug-likeness (QED) is 0.882. The van der Waals surface area contributed by atoms with E-state index in [0.717, 1.165) is 6.54 Å². The summed E-state index contributed by atoms with van der Waals surface area (Å²) in [7, 11) is 0. The van der Waals surface area contributed by atoms with Gasteiger partial charge in [0.1, 0.15) is 0 Å². The maximum absolute atomic E-state index is 6.14. The average molecular weight is 287 g/mol. The minimum absolute atomic E-state index is 0.411. The zero-order valence-corrected chi connectivity index (χ0v) is 13.5. The molecule has 1 fully saturated rings. The molecule has 1 saturated heterocycles. The normalized spacial score (nSPS) is 30.1. The van der Waals surface area contributed by atoms with Gasteiger partial charge in [-0.15, -0.1) is 0 Å². The highest BCUT2D eigenvalue weighted by Gasteiger charge is 2.32. The van der Waals surface area contributed by atoms with Crippen molar-refractivity contribution in [2.24, 2.45) is 0 Å². The van der Waals surface area contributed by atoms with Crippen molar-refractivity contribution >= 4 is 0 Å². The summed E-state index contributed by atoms with van der Waals surface area (Å²) in [5.41, 5.74) is 3.17. The maximum atomic E-state index is 6.14. The van der Waals surface area contributed by atoms with Gasteiger partial charge in [0.15, 0.2) is 0 Å². The second-order valence-corrected chi connectivity index (χ2v) is 6.75. The fraction of sp³-hybridized carbons (Fsp3) is 0.684. The Morgan fingerprint density at radius 1 is 1.24 bits per heavy atom. The Kier molecular flexibility index (Phi) is 4.97. The first-order valence-electron chi connectivity index (χ1n) is 8.74. The molecular formula is C19H29NO. The van der Waals surface area contributed by atoms with E-state index < -0.39 is 0 Å². The smallest absolute Gasteiger partial charge is 0.0732 e. The fourth-order valence-corrected chi connectivity index (χ4v) is 4.16. The molecule has 1 heterocycles. The summed E-state index contributed by atoms with van der Waals surface area (Å²) in [4.78, 5) is 0. The second kappa shape index (κ2) is 6.93. The molecule has 2 nitrogen and oxygen atoms in total. The Labute approximate surface area is 129 Å². The van der Waals surface area contributed by atoms with Gasteiger partial charge in [-0.05, 0) is 69.0 Å². The third kappa shape index (κ3) is 3.49. The van der Waals surface area contributed by atoms with Crippen LogP contribution in [0.5, 0.6) is 0 Å². The molecule has 1 aliphatic carbocycles. The molecule has 4 unspecified atom stereocenters. The number of ether oxygens (including phenoxy) is 1. The molecule has 116 valence electrons. The summed E-state index contributed by atoms with van der Waals surface area (Å²) in [5.74, 6) is 0.707. The Balaban J connectivity index is 1.71. The predicted molar refractivity (Wildman–Crippen MR) is 87.8 cm³/mol. The maximum Gasteiger partial charge on any atom is 0.0732 e. The van der Waals surface area contributed by atoms with E-state index in [1.54, 1.807) is 11.1 Å². The molecule has 0 saturated carbocycles. The molecule has 3 rings (SSSR count). The fourth-order valence-electron chi connectivity index (χ4n) is 4.16. The lowest BCUT2D eigenvalue weighted by molar-refractivity contribution is 0.0284. The van der Waals surface area contributed by atoms with Crippen molar-refractivity contribution in [3.05, 3.63) is 35.4 Å². The number of hydrogen-bond acceptors (Lipinski definition) is 2. The summed E-state index contributed by atoms with van der Waals surface area (Å²) in [6, 6.07) is 9.56. The van der Waals surface area contributed by atoms with Crippen LogP contribution in [0.4, 0.5) is 0 Å². The van der Waals surface area contributed by atoms with Gasteiger partial charge in [0.25, 0.3) is 0 Å². The topological polar surface area (TPSA) is 21.3 Å². The van der Waals surface area contributed by atoms with Gasteiger partial charge >= 0.3 is 0 Å². The molecule has 0 aromatic heterocycles. The van der Waals surface area contributed by atoms with E-state index in [9.17, 15) is 0 Å². The van der Waals surface area contributed by atoms with Crippen molar-refractivity contribution in [3.8, 4) is 0 Å². The van der Waals surface area contributed by atoms with Crippen molar-refractivity contribution in [2.75, 3.05) is 6.54 Å². The van der Waals surface area contributed by atoms with Gasteiger partial charge in [-0.3, -0.25) is 0 Å². The van der Waals surface area contributed by atoms with E-state index in [4.69, 9.17) is 4.74 Å². The molecule has 0 bridgehead atoms. The first kappa shape index (κ1) is 15.1. The molecule has 1 N–H and O–H groups in total. The Morgan fingerprint density at radius 3 is 2.86 bits per heavy atom. The largest absolute Gasteiger partial charge is 0.374 e. The molecule has 21 heavy (non-hydrogen) atoms. The molecule has 1 aliphatic heterocycles. The van der Waals surface area contributed by atoms with Gasteiger partial charge in [0.05, 0.1) is 12.2 Å². The van der Waals surface area contributed by atoms with Crippen molar-refractivity contribution in [1.29, 1.82) is 0 Å². The SMILES string of the molecule is CCNC(CC1CCCc2ccccc21)C1CCC(C)O1. The van der Waals surface area contributed by atoms with Crippen LogP contribution in [0.2, 0.25) is 0 Å². The molecule has 0 spiro atoms. The standard InChI is InChI=1S/C19H29NO/c1-3-20-18(19-12-11-14(2)21-19)13-16-9-6-8-15-7-4-5-10-17(15)16/h4-5,7,10,14,16,18-20H,3,6,8-9,11-13H2,1-2H3. The molecule has 4 atom stereocenters. The molecular weight excluding hydrogens is 258 g/mol. The summed E-state index contributed by atoms with van der Waals surface area (Å²) >= 11 is 0. The number of likely N-dealkylation sites (N-methyl/N-ethyl adjacent to an activating group) is 1. The number of rotatable bonds is 5. The van der Waals surface area contributed by atoms with E-state index in [1.165, 1.54) is 38.5 Å². The average Bonchev–Trinajstić information content (AvgIpc) is 2.94. The number of aryl methyl sites for hydroxylation is 1. The van der Waals surface area contributed by atoms with Gasteiger partial charge in [-0.25, -0.2) is 0 Å². The van der Waals surface area contributed by atoms with Gasteiger partial charge < -0.3 is 10.1 Å². The van der Waals surface area contributed by atoms with Crippen molar-refractivity contribution in [2.45, 2.75) is 76.5 Å². The van der Waals surface area contributed by atoms with Crippen molar-refractivity contribution < 1.29 is 4.74 Å². The third-order valence-corrected chi connectivity index (χ3v) is 5.21. The van der Waals surface area contributed by atoms with Crippen LogP contribution in [0.1, 0.15) is 63.0 Å². The van der Waals surface area contributed by atoms with Crippen LogP contribution in [-0.2, 0) is 11.2 Å². The van der Waals surface area contributed by atoms with Crippen LogP contribution in [0.25, 0.3) is 0 Å². The summed E-state index contributed by atoms with van der Waals surface area (Å²) in [6.45, 7) is 5.45. The lowest BCUT2D eigenvalue weighted by Crippen LogP contribution is -2.41. The van der Waals surface area contributed by atoms with Crippen molar-refractivity contribution in [3.63, 3.8) is 0 Å². The highest BCUT2D eigenvalue weighted by Crippen LogP contribution is 2.36. The van der Waals surface area contributed by atoms with E-state index in [0.29, 0.717) is 24.2 Å². The lowest BCUT2D eigenvalue weighted by atomic mass is 9.78. The molecule has 2 heteroatoms. The van der Waals surface area contributed by atoms with E-state index in [2.05, 4.69) is 43.4 Å².